The van der Waals surface area contributed by atoms with Crippen molar-refractivity contribution in [2.24, 2.45) is 0 Å². The number of carbonyl (C=O) groups excluding carboxylic acids is 3. The van der Waals surface area contributed by atoms with Crippen molar-refractivity contribution >= 4 is 47.1 Å². The molecule has 1 aliphatic heterocycles. The van der Waals surface area contributed by atoms with Crippen molar-refractivity contribution in [2.45, 2.75) is 61.6 Å². The first kappa shape index (κ1) is 31.5. The second-order valence-corrected chi connectivity index (χ2v) is 13.3. The molecule has 222 valence electrons. The van der Waals surface area contributed by atoms with Crippen LogP contribution in [0.15, 0.2) is 83.8 Å². The van der Waals surface area contributed by atoms with Gasteiger partial charge in [0.25, 0.3) is 5.91 Å². The molecule has 4 amide bonds. The normalized spacial score (nSPS) is 17.3. The van der Waals surface area contributed by atoms with E-state index in [-0.39, 0.29) is 18.2 Å². The largest absolute Gasteiger partial charge is 0.381 e. The van der Waals surface area contributed by atoms with E-state index in [0.717, 1.165) is 21.6 Å². The molecular weight excluding hydrogens is 569 g/mol. The van der Waals surface area contributed by atoms with E-state index < -0.39 is 34.9 Å². The van der Waals surface area contributed by atoms with E-state index in [0.29, 0.717) is 12.2 Å². The number of carbonyl (C=O) groups is 3. The number of urea groups is 1. The van der Waals surface area contributed by atoms with Crippen LogP contribution in [-0.2, 0) is 22.6 Å². The topological polar surface area (TPSA) is 111 Å². The van der Waals surface area contributed by atoms with Crippen LogP contribution in [-0.4, -0.2) is 62.9 Å². The number of thioether (sulfide) groups is 2. The minimum absolute atomic E-state index is 0.223. The van der Waals surface area contributed by atoms with Gasteiger partial charge in [0.2, 0.25) is 5.91 Å². The molecule has 3 unspecified atom stereocenters. The highest BCUT2D eigenvalue weighted by Gasteiger charge is 2.49. The first-order valence-electron chi connectivity index (χ1n) is 13.8. The van der Waals surface area contributed by atoms with Crippen LogP contribution in [0.4, 0.5) is 10.5 Å². The highest BCUT2D eigenvalue weighted by atomic mass is 32.2. The van der Waals surface area contributed by atoms with Gasteiger partial charge in [-0.3, -0.25) is 9.59 Å². The molecule has 0 saturated carbocycles. The maximum atomic E-state index is 13.8. The molecule has 1 aliphatic rings. The summed E-state index contributed by atoms with van der Waals surface area (Å²) in [4.78, 5) is 42.8. The van der Waals surface area contributed by atoms with Crippen molar-refractivity contribution in [3.63, 3.8) is 0 Å². The summed E-state index contributed by atoms with van der Waals surface area (Å²) in [5, 5.41) is 20.0. The Morgan fingerprint density at radius 3 is 2.48 bits per heavy atom. The van der Waals surface area contributed by atoms with E-state index in [1.54, 1.807) is 17.8 Å². The molecule has 8 nitrogen and oxygen atoms in total. The summed E-state index contributed by atoms with van der Waals surface area (Å²) in [7, 11) is 0. The van der Waals surface area contributed by atoms with Crippen LogP contribution in [0.2, 0.25) is 0 Å². The van der Waals surface area contributed by atoms with Gasteiger partial charge in [-0.05, 0) is 68.3 Å². The SMILES string of the molecule is CSc1cccc(NC(=O)NC(Cc2ccccc2)C(O)C(=O)N2CSC(C)(C)C2C(=O)NCc2ccccc2C)c1. The lowest BCUT2D eigenvalue weighted by Crippen LogP contribution is -2.59. The third-order valence-electron chi connectivity index (χ3n) is 7.37. The Balaban J connectivity index is 1.51. The van der Waals surface area contributed by atoms with E-state index in [1.807, 2.05) is 99.8 Å². The first-order valence-corrected chi connectivity index (χ1v) is 16.0. The average Bonchev–Trinajstić information content (AvgIpc) is 3.30. The van der Waals surface area contributed by atoms with Gasteiger partial charge >= 0.3 is 6.03 Å². The number of benzene rings is 3. The Hall–Kier alpha value is -3.47. The van der Waals surface area contributed by atoms with Gasteiger partial charge in [0, 0.05) is 21.9 Å². The van der Waals surface area contributed by atoms with Crippen molar-refractivity contribution in [3.05, 3.63) is 95.6 Å². The smallest absolute Gasteiger partial charge is 0.319 e. The summed E-state index contributed by atoms with van der Waals surface area (Å²) in [6.45, 7) is 6.17. The maximum Gasteiger partial charge on any atom is 0.319 e. The van der Waals surface area contributed by atoms with Crippen molar-refractivity contribution < 1.29 is 19.5 Å². The van der Waals surface area contributed by atoms with Crippen molar-refractivity contribution in [3.8, 4) is 0 Å². The van der Waals surface area contributed by atoms with Gasteiger partial charge in [-0.1, -0.05) is 60.7 Å². The Labute approximate surface area is 256 Å². The molecular formula is C32H38N4O4S2. The van der Waals surface area contributed by atoms with Crippen LogP contribution in [0.1, 0.15) is 30.5 Å². The number of amides is 4. The molecule has 1 heterocycles. The van der Waals surface area contributed by atoms with E-state index in [9.17, 15) is 19.5 Å². The number of hydrogen-bond acceptors (Lipinski definition) is 6. The van der Waals surface area contributed by atoms with E-state index in [4.69, 9.17) is 0 Å². The molecule has 3 atom stereocenters. The molecule has 1 saturated heterocycles. The summed E-state index contributed by atoms with van der Waals surface area (Å²) in [5.74, 6) is -0.639. The highest BCUT2D eigenvalue weighted by molar-refractivity contribution is 8.00. The number of nitrogens with zero attached hydrogens (tertiary/aromatic N) is 1. The summed E-state index contributed by atoms with van der Waals surface area (Å²) >= 11 is 3.04. The first-order chi connectivity index (χ1) is 20.1. The Morgan fingerprint density at radius 2 is 1.76 bits per heavy atom. The van der Waals surface area contributed by atoms with Crippen LogP contribution in [0.3, 0.4) is 0 Å². The summed E-state index contributed by atoms with van der Waals surface area (Å²) in [6.07, 6.45) is 0.598. The number of aryl methyl sites for hydroxylation is 1. The summed E-state index contributed by atoms with van der Waals surface area (Å²) in [6, 6.07) is 22.3. The third-order valence-corrected chi connectivity index (χ3v) is 9.47. The molecule has 0 bridgehead atoms. The van der Waals surface area contributed by atoms with Gasteiger partial charge in [0.15, 0.2) is 6.10 Å². The number of rotatable bonds is 10. The number of nitrogens with one attached hydrogen (secondary N) is 3. The molecule has 0 aromatic heterocycles. The fourth-order valence-electron chi connectivity index (χ4n) is 4.99. The number of aliphatic hydroxyl groups excluding tert-OH is 1. The Morgan fingerprint density at radius 1 is 1.05 bits per heavy atom. The summed E-state index contributed by atoms with van der Waals surface area (Å²) < 4.78 is -0.576. The zero-order valence-corrected chi connectivity index (χ0v) is 25.9. The van der Waals surface area contributed by atoms with Crippen LogP contribution >= 0.6 is 23.5 Å². The predicted molar refractivity (Wildman–Crippen MR) is 171 cm³/mol. The van der Waals surface area contributed by atoms with Gasteiger partial charge in [-0.2, -0.15) is 0 Å². The van der Waals surface area contributed by atoms with Gasteiger partial charge in [-0.25, -0.2) is 4.79 Å². The fraction of sp³-hybridized carbons (Fsp3) is 0.344. The van der Waals surface area contributed by atoms with Crippen molar-refractivity contribution in [2.75, 3.05) is 17.4 Å². The molecule has 0 radical (unpaired) electrons. The summed E-state index contributed by atoms with van der Waals surface area (Å²) in [5.41, 5.74) is 3.51. The molecule has 42 heavy (non-hydrogen) atoms. The van der Waals surface area contributed by atoms with Crippen LogP contribution in [0, 0.1) is 6.92 Å². The minimum atomic E-state index is -1.57. The number of anilines is 1. The molecule has 4 N–H and O–H groups in total. The monoisotopic (exact) mass is 606 g/mol. The van der Waals surface area contributed by atoms with Gasteiger partial charge in [0.05, 0.1) is 11.9 Å². The Kier molecular flexibility index (Phi) is 10.6. The predicted octanol–water partition coefficient (Wildman–Crippen LogP) is 4.81. The number of aliphatic hydroxyl groups is 1. The molecule has 1 fully saturated rings. The number of hydrogen-bond donors (Lipinski definition) is 4. The average molecular weight is 607 g/mol. The van der Waals surface area contributed by atoms with Gasteiger partial charge in [0.1, 0.15) is 6.04 Å². The molecule has 0 aliphatic carbocycles. The zero-order valence-electron chi connectivity index (χ0n) is 24.3. The van der Waals surface area contributed by atoms with Crippen LogP contribution in [0.5, 0.6) is 0 Å². The second-order valence-electron chi connectivity index (χ2n) is 10.8. The molecule has 0 spiro atoms. The second kappa shape index (κ2) is 14.1. The zero-order chi connectivity index (χ0) is 30.3. The molecule has 3 aromatic carbocycles. The quantitative estimate of drug-likeness (QED) is 0.247. The molecule has 10 heteroatoms. The van der Waals surface area contributed by atoms with E-state index >= 15 is 0 Å². The van der Waals surface area contributed by atoms with Crippen LogP contribution in [0.25, 0.3) is 0 Å². The lowest BCUT2D eigenvalue weighted by atomic mass is 9.97. The van der Waals surface area contributed by atoms with Gasteiger partial charge < -0.3 is 26.0 Å². The Bertz CT molecular complexity index is 1400. The molecule has 3 aromatic rings. The minimum Gasteiger partial charge on any atom is -0.381 e. The lowest BCUT2D eigenvalue weighted by molar-refractivity contribution is -0.147. The molecule has 4 rings (SSSR count). The third kappa shape index (κ3) is 7.87. The van der Waals surface area contributed by atoms with Crippen molar-refractivity contribution in [1.82, 2.24) is 15.5 Å². The van der Waals surface area contributed by atoms with E-state index in [2.05, 4.69) is 16.0 Å². The maximum absolute atomic E-state index is 13.8. The fourth-order valence-corrected chi connectivity index (χ4v) is 6.59. The van der Waals surface area contributed by atoms with E-state index in [1.165, 1.54) is 16.7 Å². The standard InChI is InChI=1S/C32H38N4O4S2/c1-21-11-8-9-14-23(21)19-33-29(38)28-32(2,3)42-20-36(28)30(39)27(37)26(17-22-12-6-5-7-13-22)35-31(40)34-24-15-10-16-25(18-24)41-4/h5-16,18,26-28,37H,17,19-20H2,1-4H3,(H,33,38)(H2,34,35,40). The highest BCUT2D eigenvalue weighted by Crippen LogP contribution is 2.40. The van der Waals surface area contributed by atoms with Crippen LogP contribution < -0.4 is 16.0 Å². The van der Waals surface area contributed by atoms with Crippen molar-refractivity contribution in [1.29, 1.82) is 0 Å². The lowest BCUT2D eigenvalue weighted by Gasteiger charge is -2.33. The van der Waals surface area contributed by atoms with Gasteiger partial charge in [-0.15, -0.1) is 23.5 Å².